The van der Waals surface area contributed by atoms with Crippen LogP contribution < -0.4 is 5.32 Å². The van der Waals surface area contributed by atoms with E-state index < -0.39 is 0 Å². The molecule has 0 aromatic heterocycles. The van der Waals surface area contributed by atoms with E-state index in [-0.39, 0.29) is 23.8 Å². The third kappa shape index (κ3) is 5.10. The molecule has 1 aromatic rings. The number of thioether (sulfide) groups is 1. The summed E-state index contributed by atoms with van der Waals surface area (Å²) in [6.45, 7) is 4.02. The molecule has 0 saturated heterocycles. The van der Waals surface area contributed by atoms with Crippen molar-refractivity contribution in [2.75, 3.05) is 6.61 Å². The Morgan fingerprint density at radius 3 is 2.61 bits per heavy atom. The van der Waals surface area contributed by atoms with Gasteiger partial charge in [-0.2, -0.15) is 0 Å². The van der Waals surface area contributed by atoms with Crippen molar-refractivity contribution in [3.8, 4) is 0 Å². The van der Waals surface area contributed by atoms with E-state index in [1.54, 1.807) is 11.8 Å². The summed E-state index contributed by atoms with van der Waals surface area (Å²) in [5, 5.41) is 11.7. The van der Waals surface area contributed by atoms with Crippen molar-refractivity contribution in [2.24, 2.45) is 0 Å². The lowest BCUT2D eigenvalue weighted by Gasteiger charge is -2.18. The van der Waals surface area contributed by atoms with Gasteiger partial charge >= 0.3 is 0 Å². The highest BCUT2D eigenvalue weighted by atomic mass is 32.2. The minimum Gasteiger partial charge on any atom is -0.396 e. The summed E-state index contributed by atoms with van der Waals surface area (Å²) in [6.07, 6.45) is 1.46. The van der Waals surface area contributed by atoms with Crippen molar-refractivity contribution in [1.29, 1.82) is 0 Å². The molecule has 3 nitrogen and oxygen atoms in total. The monoisotopic (exact) mass is 267 g/mol. The molecule has 1 amide bonds. The van der Waals surface area contributed by atoms with E-state index >= 15 is 0 Å². The molecule has 0 bridgehead atoms. The van der Waals surface area contributed by atoms with Crippen molar-refractivity contribution in [3.05, 3.63) is 30.3 Å². The molecule has 4 heteroatoms. The minimum atomic E-state index is -0.125. The van der Waals surface area contributed by atoms with Crippen LogP contribution in [0.15, 0.2) is 35.2 Å². The highest BCUT2D eigenvalue weighted by molar-refractivity contribution is 8.00. The Bertz CT molecular complexity index is 356. The number of carbonyl (C=O) groups is 1. The smallest absolute Gasteiger partial charge is 0.233 e. The Balaban J connectivity index is 2.46. The van der Waals surface area contributed by atoms with Gasteiger partial charge in [0.05, 0.1) is 5.25 Å². The average Bonchev–Trinajstić information content (AvgIpc) is 2.39. The molecule has 2 atom stereocenters. The van der Waals surface area contributed by atoms with Crippen LogP contribution >= 0.6 is 11.8 Å². The molecule has 0 aliphatic rings. The van der Waals surface area contributed by atoms with Gasteiger partial charge in [-0.15, -0.1) is 11.8 Å². The summed E-state index contributed by atoms with van der Waals surface area (Å²) in [5.74, 6) is 0.0316. The number of hydrogen-bond donors (Lipinski definition) is 2. The molecular weight excluding hydrogens is 246 g/mol. The van der Waals surface area contributed by atoms with Crippen LogP contribution in [0.2, 0.25) is 0 Å². The summed E-state index contributed by atoms with van der Waals surface area (Å²) >= 11 is 1.55. The Labute approximate surface area is 113 Å². The van der Waals surface area contributed by atoms with Gasteiger partial charge in [0.25, 0.3) is 0 Å². The lowest BCUT2D eigenvalue weighted by molar-refractivity contribution is -0.121. The molecule has 0 aliphatic carbocycles. The Hall–Kier alpha value is -1.00. The predicted octanol–water partition coefficient (Wildman–Crippen LogP) is 2.44. The van der Waals surface area contributed by atoms with Crippen LogP contribution in [0.1, 0.15) is 26.7 Å². The Morgan fingerprint density at radius 2 is 2.06 bits per heavy atom. The number of amides is 1. The number of aliphatic hydroxyl groups is 1. The number of carbonyl (C=O) groups excluding carboxylic acids is 1. The maximum absolute atomic E-state index is 12.0. The summed E-state index contributed by atoms with van der Waals surface area (Å²) in [4.78, 5) is 13.1. The second kappa shape index (κ2) is 8.16. The molecule has 0 radical (unpaired) electrons. The standard InChI is InChI=1S/C14H21NO2S/c1-3-12(9-10-16)15-14(17)11(2)18-13-7-5-4-6-8-13/h4-8,11-12,16H,3,9-10H2,1-2H3,(H,15,17). The molecule has 100 valence electrons. The van der Waals surface area contributed by atoms with Gasteiger partial charge < -0.3 is 10.4 Å². The van der Waals surface area contributed by atoms with E-state index in [0.717, 1.165) is 11.3 Å². The number of rotatable bonds is 7. The van der Waals surface area contributed by atoms with Crippen molar-refractivity contribution < 1.29 is 9.90 Å². The normalized spacial score (nSPS) is 13.9. The number of aliphatic hydroxyl groups excluding tert-OH is 1. The summed E-state index contributed by atoms with van der Waals surface area (Å²) in [7, 11) is 0. The maximum atomic E-state index is 12.0. The molecule has 1 aromatic carbocycles. The van der Waals surface area contributed by atoms with Gasteiger partial charge in [0.15, 0.2) is 0 Å². The number of nitrogens with one attached hydrogen (secondary N) is 1. The fourth-order valence-electron chi connectivity index (χ4n) is 1.61. The van der Waals surface area contributed by atoms with Crippen molar-refractivity contribution in [2.45, 2.75) is 42.9 Å². The summed E-state index contributed by atoms with van der Waals surface area (Å²) < 4.78 is 0. The largest absolute Gasteiger partial charge is 0.396 e. The van der Waals surface area contributed by atoms with E-state index in [9.17, 15) is 4.79 Å². The van der Waals surface area contributed by atoms with Gasteiger partial charge in [-0.25, -0.2) is 0 Å². The zero-order valence-corrected chi connectivity index (χ0v) is 11.7. The van der Waals surface area contributed by atoms with Crippen LogP contribution in [0.5, 0.6) is 0 Å². The quantitative estimate of drug-likeness (QED) is 0.746. The molecule has 1 rings (SSSR count). The topological polar surface area (TPSA) is 49.3 Å². The first-order valence-corrected chi connectivity index (χ1v) is 7.18. The average molecular weight is 267 g/mol. The van der Waals surface area contributed by atoms with Gasteiger partial charge in [0.2, 0.25) is 5.91 Å². The predicted molar refractivity (Wildman–Crippen MR) is 75.7 cm³/mol. The van der Waals surface area contributed by atoms with Crippen LogP contribution in [0, 0.1) is 0 Å². The van der Waals surface area contributed by atoms with Gasteiger partial charge in [0, 0.05) is 17.5 Å². The van der Waals surface area contributed by atoms with E-state index in [1.165, 1.54) is 0 Å². The third-order valence-electron chi connectivity index (χ3n) is 2.74. The highest BCUT2D eigenvalue weighted by Gasteiger charge is 2.17. The SMILES string of the molecule is CCC(CCO)NC(=O)C(C)Sc1ccccc1. The molecule has 0 heterocycles. The van der Waals surface area contributed by atoms with Crippen LogP contribution in [-0.4, -0.2) is 28.9 Å². The fourth-order valence-corrected chi connectivity index (χ4v) is 2.51. The summed E-state index contributed by atoms with van der Waals surface area (Å²) in [6, 6.07) is 9.96. The van der Waals surface area contributed by atoms with Crippen LogP contribution in [0.4, 0.5) is 0 Å². The van der Waals surface area contributed by atoms with E-state index in [4.69, 9.17) is 5.11 Å². The Morgan fingerprint density at radius 1 is 1.39 bits per heavy atom. The molecule has 0 spiro atoms. The van der Waals surface area contributed by atoms with Crippen LogP contribution in [0.25, 0.3) is 0 Å². The Kier molecular flexibility index (Phi) is 6.83. The first-order valence-electron chi connectivity index (χ1n) is 6.30. The lowest BCUT2D eigenvalue weighted by atomic mass is 10.1. The van der Waals surface area contributed by atoms with Crippen LogP contribution in [0.3, 0.4) is 0 Å². The van der Waals surface area contributed by atoms with Gasteiger partial charge in [-0.3, -0.25) is 4.79 Å². The minimum absolute atomic E-state index is 0.0316. The van der Waals surface area contributed by atoms with E-state index in [0.29, 0.717) is 6.42 Å². The molecule has 18 heavy (non-hydrogen) atoms. The molecule has 0 fully saturated rings. The van der Waals surface area contributed by atoms with Gasteiger partial charge in [0.1, 0.15) is 0 Å². The van der Waals surface area contributed by atoms with Gasteiger partial charge in [-0.1, -0.05) is 25.1 Å². The van der Waals surface area contributed by atoms with Gasteiger partial charge in [-0.05, 0) is 31.9 Å². The third-order valence-corrected chi connectivity index (χ3v) is 3.85. The van der Waals surface area contributed by atoms with Crippen LogP contribution in [-0.2, 0) is 4.79 Å². The lowest BCUT2D eigenvalue weighted by Crippen LogP contribution is -2.39. The summed E-state index contributed by atoms with van der Waals surface area (Å²) in [5.41, 5.74) is 0. The first-order chi connectivity index (χ1) is 8.67. The highest BCUT2D eigenvalue weighted by Crippen LogP contribution is 2.22. The zero-order valence-electron chi connectivity index (χ0n) is 10.9. The van der Waals surface area contributed by atoms with Crippen molar-refractivity contribution in [1.82, 2.24) is 5.32 Å². The zero-order chi connectivity index (χ0) is 13.4. The fraction of sp³-hybridized carbons (Fsp3) is 0.500. The maximum Gasteiger partial charge on any atom is 0.233 e. The second-order valence-electron chi connectivity index (χ2n) is 4.20. The number of benzene rings is 1. The molecule has 2 unspecified atom stereocenters. The molecule has 0 saturated carbocycles. The van der Waals surface area contributed by atoms with E-state index in [2.05, 4.69) is 5.32 Å². The van der Waals surface area contributed by atoms with Crippen molar-refractivity contribution in [3.63, 3.8) is 0 Å². The number of hydrogen-bond acceptors (Lipinski definition) is 3. The molecule has 2 N–H and O–H groups in total. The first kappa shape index (κ1) is 15.1. The molecule has 0 aliphatic heterocycles. The molecular formula is C14H21NO2S. The van der Waals surface area contributed by atoms with Crippen molar-refractivity contribution >= 4 is 17.7 Å². The second-order valence-corrected chi connectivity index (χ2v) is 5.61. The van der Waals surface area contributed by atoms with E-state index in [1.807, 2.05) is 44.2 Å².